The number of carbonyl (C=O) groups is 1. The molecule has 1 fully saturated rings. The van der Waals surface area contributed by atoms with Gasteiger partial charge in [0.15, 0.2) is 0 Å². The van der Waals surface area contributed by atoms with Crippen LogP contribution in [0.25, 0.3) is 0 Å². The Hall–Kier alpha value is -1.35. The van der Waals surface area contributed by atoms with Gasteiger partial charge in [-0.1, -0.05) is 57.5 Å². The summed E-state index contributed by atoms with van der Waals surface area (Å²) in [5.41, 5.74) is 7.40. The van der Waals surface area contributed by atoms with E-state index < -0.39 is 0 Å². The van der Waals surface area contributed by atoms with Gasteiger partial charge in [-0.2, -0.15) is 0 Å². The van der Waals surface area contributed by atoms with Gasteiger partial charge in [-0.05, 0) is 31.2 Å². The molecule has 1 aromatic carbocycles. The van der Waals surface area contributed by atoms with E-state index in [0.29, 0.717) is 12.0 Å². The third-order valence-electron chi connectivity index (χ3n) is 5.21. The number of benzene rings is 1. The summed E-state index contributed by atoms with van der Waals surface area (Å²) in [5, 5.41) is 0. The van der Waals surface area contributed by atoms with E-state index in [4.69, 9.17) is 5.73 Å². The van der Waals surface area contributed by atoms with Crippen molar-refractivity contribution in [3.63, 3.8) is 0 Å². The zero-order valence-electron chi connectivity index (χ0n) is 14.3. The fourth-order valence-electron chi connectivity index (χ4n) is 3.03. The highest BCUT2D eigenvalue weighted by Gasteiger charge is 2.40. The third kappa shape index (κ3) is 3.70. The highest BCUT2D eigenvalue weighted by atomic mass is 16.2. The van der Waals surface area contributed by atoms with E-state index in [-0.39, 0.29) is 23.9 Å². The summed E-state index contributed by atoms with van der Waals surface area (Å²) < 4.78 is 0. The lowest BCUT2D eigenvalue weighted by Crippen LogP contribution is -2.47. The van der Waals surface area contributed by atoms with Crippen molar-refractivity contribution in [2.75, 3.05) is 0 Å². The maximum absolute atomic E-state index is 13.0. The molecule has 0 heterocycles. The smallest absolute Gasteiger partial charge is 0.227 e. The Kier molecular flexibility index (Phi) is 5.63. The molecule has 2 N–H and O–H groups in total. The zero-order chi connectivity index (χ0) is 16.3. The Morgan fingerprint density at radius 1 is 1.23 bits per heavy atom. The van der Waals surface area contributed by atoms with E-state index in [1.165, 1.54) is 0 Å². The van der Waals surface area contributed by atoms with Gasteiger partial charge < -0.3 is 10.6 Å². The summed E-state index contributed by atoms with van der Waals surface area (Å²) in [6.07, 6.45) is 3.37. The van der Waals surface area contributed by atoms with E-state index in [2.05, 4.69) is 25.7 Å². The molecule has 1 aromatic rings. The number of nitrogens with zero attached hydrogens (tertiary/aromatic N) is 1. The summed E-state index contributed by atoms with van der Waals surface area (Å²) in [5.74, 6) is 0.547. The first-order valence-electron chi connectivity index (χ1n) is 8.60. The predicted molar refractivity (Wildman–Crippen MR) is 91.3 cm³/mol. The second kappa shape index (κ2) is 7.28. The van der Waals surface area contributed by atoms with Gasteiger partial charge in [0.2, 0.25) is 5.91 Å². The molecule has 1 aliphatic carbocycles. The molecule has 4 atom stereocenters. The normalized spacial score (nSPS) is 20.0. The van der Waals surface area contributed by atoms with Gasteiger partial charge in [0.1, 0.15) is 0 Å². The first-order chi connectivity index (χ1) is 10.5. The van der Waals surface area contributed by atoms with Gasteiger partial charge in [-0.25, -0.2) is 0 Å². The monoisotopic (exact) mass is 302 g/mol. The summed E-state index contributed by atoms with van der Waals surface area (Å²) in [6, 6.07) is 10.4. The molecular formula is C19H30N2O. The maximum Gasteiger partial charge on any atom is 0.227 e. The molecule has 0 bridgehead atoms. The van der Waals surface area contributed by atoms with Crippen LogP contribution >= 0.6 is 0 Å². The number of hydrogen-bond donors (Lipinski definition) is 1. The van der Waals surface area contributed by atoms with E-state index >= 15 is 0 Å². The fourth-order valence-corrected chi connectivity index (χ4v) is 3.03. The fraction of sp³-hybridized carbons (Fsp3) is 0.632. The largest absolute Gasteiger partial charge is 0.336 e. The molecule has 3 nitrogen and oxygen atoms in total. The van der Waals surface area contributed by atoms with Crippen molar-refractivity contribution in [2.45, 2.75) is 65.1 Å². The standard InChI is InChI=1S/C19H30N2O/c1-5-13(2)15(4)21(17-11-12-17)19(22)14(3)18(20)16-9-7-6-8-10-16/h6-10,13-15,17-18H,5,11-12,20H2,1-4H3. The van der Waals surface area contributed by atoms with Gasteiger partial charge in [0.25, 0.3) is 0 Å². The lowest BCUT2D eigenvalue weighted by atomic mass is 9.92. The number of nitrogens with two attached hydrogens (primary N) is 1. The van der Waals surface area contributed by atoms with Crippen molar-refractivity contribution in [2.24, 2.45) is 17.6 Å². The minimum Gasteiger partial charge on any atom is -0.336 e. The molecule has 1 amide bonds. The molecule has 0 aromatic heterocycles. The summed E-state index contributed by atoms with van der Waals surface area (Å²) in [4.78, 5) is 15.2. The summed E-state index contributed by atoms with van der Waals surface area (Å²) in [7, 11) is 0. The minimum atomic E-state index is -0.237. The van der Waals surface area contributed by atoms with Gasteiger partial charge in [-0.3, -0.25) is 4.79 Å². The van der Waals surface area contributed by atoms with Crippen molar-refractivity contribution < 1.29 is 4.79 Å². The second-order valence-electron chi connectivity index (χ2n) is 6.83. The molecule has 3 heteroatoms. The van der Waals surface area contributed by atoms with Crippen LogP contribution in [-0.4, -0.2) is 22.9 Å². The first kappa shape index (κ1) is 17.0. The molecular weight excluding hydrogens is 272 g/mol. The van der Waals surface area contributed by atoms with Crippen LogP contribution < -0.4 is 5.73 Å². The van der Waals surface area contributed by atoms with Crippen LogP contribution in [0.5, 0.6) is 0 Å². The summed E-state index contributed by atoms with van der Waals surface area (Å²) in [6.45, 7) is 8.58. The van der Waals surface area contributed by atoms with Crippen molar-refractivity contribution in [1.29, 1.82) is 0 Å². The van der Waals surface area contributed by atoms with Gasteiger partial charge >= 0.3 is 0 Å². The van der Waals surface area contributed by atoms with Crippen LogP contribution in [0.2, 0.25) is 0 Å². The predicted octanol–water partition coefficient (Wildman–Crippen LogP) is 3.75. The number of rotatable bonds is 7. The minimum absolute atomic E-state index is 0.186. The first-order valence-corrected chi connectivity index (χ1v) is 8.60. The Bertz CT molecular complexity index is 483. The van der Waals surface area contributed by atoms with E-state index in [1.807, 2.05) is 37.3 Å². The highest BCUT2D eigenvalue weighted by Crippen LogP contribution is 2.34. The number of hydrogen-bond acceptors (Lipinski definition) is 2. The SMILES string of the molecule is CCC(C)C(C)N(C(=O)C(C)C(N)c1ccccc1)C1CC1. The third-order valence-corrected chi connectivity index (χ3v) is 5.21. The molecule has 1 aliphatic rings. The van der Waals surface area contributed by atoms with Gasteiger partial charge in [-0.15, -0.1) is 0 Å². The Morgan fingerprint density at radius 2 is 1.82 bits per heavy atom. The second-order valence-corrected chi connectivity index (χ2v) is 6.83. The zero-order valence-corrected chi connectivity index (χ0v) is 14.3. The molecule has 0 saturated heterocycles. The van der Waals surface area contributed by atoms with Crippen LogP contribution in [0.15, 0.2) is 30.3 Å². The van der Waals surface area contributed by atoms with E-state index in [1.54, 1.807) is 0 Å². The molecule has 22 heavy (non-hydrogen) atoms. The van der Waals surface area contributed by atoms with Gasteiger partial charge in [0.05, 0.1) is 5.92 Å². The van der Waals surface area contributed by atoms with Crippen LogP contribution in [0.4, 0.5) is 0 Å². The lowest BCUT2D eigenvalue weighted by Gasteiger charge is -2.36. The number of amides is 1. The quantitative estimate of drug-likeness (QED) is 0.834. The lowest BCUT2D eigenvalue weighted by molar-refractivity contribution is -0.139. The van der Waals surface area contributed by atoms with E-state index in [9.17, 15) is 4.79 Å². The van der Waals surface area contributed by atoms with Crippen molar-refractivity contribution in [1.82, 2.24) is 4.90 Å². The molecule has 2 rings (SSSR count). The van der Waals surface area contributed by atoms with Crippen LogP contribution in [0.1, 0.15) is 58.6 Å². The van der Waals surface area contributed by atoms with Crippen molar-refractivity contribution >= 4 is 5.91 Å². The molecule has 0 spiro atoms. The van der Waals surface area contributed by atoms with Crippen LogP contribution in [-0.2, 0) is 4.79 Å². The van der Waals surface area contributed by atoms with Crippen LogP contribution in [0.3, 0.4) is 0 Å². The average molecular weight is 302 g/mol. The summed E-state index contributed by atoms with van der Waals surface area (Å²) >= 11 is 0. The maximum atomic E-state index is 13.0. The highest BCUT2D eigenvalue weighted by molar-refractivity contribution is 5.80. The molecule has 4 unspecified atom stereocenters. The molecule has 0 aliphatic heterocycles. The van der Waals surface area contributed by atoms with Gasteiger partial charge in [0, 0.05) is 18.1 Å². The van der Waals surface area contributed by atoms with Crippen molar-refractivity contribution in [3.8, 4) is 0 Å². The molecule has 122 valence electrons. The Morgan fingerprint density at radius 3 is 2.32 bits per heavy atom. The topological polar surface area (TPSA) is 46.3 Å². The Balaban J connectivity index is 2.13. The molecule has 1 saturated carbocycles. The Labute approximate surface area is 134 Å². The molecule has 0 radical (unpaired) electrons. The van der Waals surface area contributed by atoms with Crippen molar-refractivity contribution in [3.05, 3.63) is 35.9 Å². The number of carbonyl (C=O) groups excluding carboxylic acids is 1. The van der Waals surface area contributed by atoms with E-state index in [0.717, 1.165) is 24.8 Å². The van der Waals surface area contributed by atoms with Crippen LogP contribution in [0, 0.1) is 11.8 Å². The average Bonchev–Trinajstić information content (AvgIpc) is 3.38.